The van der Waals surface area contributed by atoms with E-state index in [0.717, 1.165) is 6.54 Å². The Morgan fingerprint density at radius 3 is 3.15 bits per heavy atom. The van der Waals surface area contributed by atoms with E-state index >= 15 is 0 Å². The molecular formula is C11H17NS. The molecule has 1 aromatic heterocycles. The van der Waals surface area contributed by atoms with Crippen LogP contribution in [0.2, 0.25) is 0 Å². The molecule has 1 aliphatic heterocycles. The van der Waals surface area contributed by atoms with E-state index in [-0.39, 0.29) is 0 Å². The van der Waals surface area contributed by atoms with E-state index in [0.29, 0.717) is 0 Å². The van der Waals surface area contributed by atoms with Crippen molar-refractivity contribution in [3.05, 3.63) is 21.9 Å². The van der Waals surface area contributed by atoms with Crippen LogP contribution in [0.1, 0.15) is 29.7 Å². The molecule has 1 aliphatic rings. The van der Waals surface area contributed by atoms with Gasteiger partial charge < -0.3 is 4.90 Å². The highest BCUT2D eigenvalue weighted by Gasteiger charge is 2.09. The summed E-state index contributed by atoms with van der Waals surface area (Å²) in [6, 6.07) is 2.30. The summed E-state index contributed by atoms with van der Waals surface area (Å²) in [6.07, 6.45) is 5.43. The molecule has 0 saturated heterocycles. The summed E-state index contributed by atoms with van der Waals surface area (Å²) in [5.74, 6) is 0. The summed E-state index contributed by atoms with van der Waals surface area (Å²) in [7, 11) is 2.23. The molecule has 0 spiro atoms. The van der Waals surface area contributed by atoms with Crippen molar-refractivity contribution in [2.24, 2.45) is 0 Å². The lowest BCUT2D eigenvalue weighted by molar-refractivity contribution is 0.323. The molecule has 0 fully saturated rings. The fourth-order valence-corrected chi connectivity index (χ4v) is 2.94. The van der Waals surface area contributed by atoms with E-state index in [1.807, 2.05) is 11.3 Å². The van der Waals surface area contributed by atoms with E-state index in [2.05, 4.69) is 23.4 Å². The number of hydrogen-bond acceptors (Lipinski definition) is 2. The Balaban J connectivity index is 2.14. The summed E-state index contributed by atoms with van der Waals surface area (Å²) in [5, 5.41) is 2.24. The minimum atomic E-state index is 1.16. The van der Waals surface area contributed by atoms with Gasteiger partial charge in [0.25, 0.3) is 0 Å². The average molecular weight is 195 g/mol. The van der Waals surface area contributed by atoms with E-state index in [9.17, 15) is 0 Å². The van der Waals surface area contributed by atoms with Crippen molar-refractivity contribution in [3.8, 4) is 0 Å². The Morgan fingerprint density at radius 1 is 1.31 bits per heavy atom. The number of hydrogen-bond donors (Lipinski definition) is 0. The summed E-state index contributed by atoms with van der Waals surface area (Å²) >= 11 is 1.92. The minimum Gasteiger partial charge on any atom is -0.301 e. The second-order valence-corrected chi connectivity index (χ2v) is 4.92. The molecule has 0 amide bonds. The van der Waals surface area contributed by atoms with Gasteiger partial charge in [0, 0.05) is 11.4 Å². The normalized spacial score (nSPS) is 20.1. The molecule has 13 heavy (non-hydrogen) atoms. The number of aryl methyl sites for hydroxylation is 1. The number of nitrogens with zero attached hydrogens (tertiary/aromatic N) is 1. The van der Waals surface area contributed by atoms with Gasteiger partial charge in [-0.1, -0.05) is 6.42 Å². The van der Waals surface area contributed by atoms with Crippen LogP contribution in [0.3, 0.4) is 0 Å². The molecule has 2 heterocycles. The zero-order valence-corrected chi connectivity index (χ0v) is 9.07. The maximum Gasteiger partial charge on any atom is 0.0327 e. The second-order valence-electron chi connectivity index (χ2n) is 3.92. The van der Waals surface area contributed by atoms with Crippen LogP contribution in [0.5, 0.6) is 0 Å². The van der Waals surface area contributed by atoms with Gasteiger partial charge in [0.05, 0.1) is 0 Å². The van der Waals surface area contributed by atoms with Crippen molar-refractivity contribution >= 4 is 11.3 Å². The van der Waals surface area contributed by atoms with Crippen molar-refractivity contribution in [2.75, 3.05) is 13.6 Å². The molecule has 2 rings (SSSR count). The number of thiophene rings is 1. The minimum absolute atomic E-state index is 1.16. The maximum atomic E-state index is 2.45. The maximum absolute atomic E-state index is 2.45. The summed E-state index contributed by atoms with van der Waals surface area (Å²) < 4.78 is 0. The predicted molar refractivity (Wildman–Crippen MR) is 58.2 cm³/mol. The van der Waals surface area contributed by atoms with Gasteiger partial charge >= 0.3 is 0 Å². The second kappa shape index (κ2) is 4.25. The molecule has 1 nitrogen and oxygen atoms in total. The predicted octanol–water partition coefficient (Wildman–Crippen LogP) is 2.91. The van der Waals surface area contributed by atoms with Crippen molar-refractivity contribution in [1.82, 2.24) is 4.90 Å². The van der Waals surface area contributed by atoms with Crippen LogP contribution in [0.15, 0.2) is 11.4 Å². The van der Waals surface area contributed by atoms with Crippen molar-refractivity contribution in [2.45, 2.75) is 32.2 Å². The van der Waals surface area contributed by atoms with Crippen molar-refractivity contribution in [1.29, 1.82) is 0 Å². The molecule has 1 aromatic rings. The van der Waals surface area contributed by atoms with Crippen LogP contribution in [0.4, 0.5) is 0 Å². The molecule has 2 heteroatoms. The van der Waals surface area contributed by atoms with Crippen LogP contribution in [-0.2, 0) is 13.0 Å². The number of fused-ring (bicyclic) bond motifs is 1. The highest BCUT2D eigenvalue weighted by atomic mass is 32.1. The molecule has 0 aromatic carbocycles. The van der Waals surface area contributed by atoms with Gasteiger partial charge in [0.15, 0.2) is 0 Å². The summed E-state index contributed by atoms with van der Waals surface area (Å²) in [6.45, 7) is 2.42. The topological polar surface area (TPSA) is 3.24 Å². The molecule has 0 N–H and O–H groups in total. The molecule has 72 valence electrons. The van der Waals surface area contributed by atoms with E-state index in [4.69, 9.17) is 0 Å². The zero-order valence-electron chi connectivity index (χ0n) is 8.25. The first kappa shape index (κ1) is 9.22. The van der Waals surface area contributed by atoms with Gasteiger partial charge in [-0.3, -0.25) is 0 Å². The van der Waals surface area contributed by atoms with Crippen LogP contribution >= 0.6 is 11.3 Å². The third kappa shape index (κ3) is 2.32. The fraction of sp³-hybridized carbons (Fsp3) is 0.636. The van der Waals surface area contributed by atoms with Gasteiger partial charge in [0.2, 0.25) is 0 Å². The van der Waals surface area contributed by atoms with Crippen LogP contribution in [0.25, 0.3) is 0 Å². The molecular weight excluding hydrogens is 178 g/mol. The van der Waals surface area contributed by atoms with Gasteiger partial charge in [-0.25, -0.2) is 0 Å². The first-order valence-electron chi connectivity index (χ1n) is 5.10. The highest BCUT2D eigenvalue weighted by Crippen LogP contribution is 2.22. The van der Waals surface area contributed by atoms with Crippen molar-refractivity contribution in [3.63, 3.8) is 0 Å². The molecule has 0 bridgehead atoms. The molecule has 0 saturated carbocycles. The zero-order chi connectivity index (χ0) is 9.10. The van der Waals surface area contributed by atoms with Gasteiger partial charge in [-0.2, -0.15) is 0 Å². The molecule has 0 atom stereocenters. The Bertz CT molecular complexity index is 267. The van der Waals surface area contributed by atoms with E-state index < -0.39 is 0 Å². The lowest BCUT2D eigenvalue weighted by atomic mass is 10.1. The molecule has 0 unspecified atom stereocenters. The van der Waals surface area contributed by atoms with Crippen molar-refractivity contribution < 1.29 is 0 Å². The third-order valence-electron chi connectivity index (χ3n) is 2.74. The first-order valence-corrected chi connectivity index (χ1v) is 5.98. The molecule has 0 aliphatic carbocycles. The van der Waals surface area contributed by atoms with Gasteiger partial charge in [-0.05, 0) is 49.9 Å². The first-order chi connectivity index (χ1) is 6.36. The van der Waals surface area contributed by atoms with E-state index in [1.165, 1.54) is 32.2 Å². The van der Waals surface area contributed by atoms with Crippen LogP contribution in [0, 0.1) is 0 Å². The third-order valence-corrected chi connectivity index (χ3v) is 3.69. The monoisotopic (exact) mass is 195 g/mol. The Morgan fingerprint density at radius 2 is 2.23 bits per heavy atom. The van der Waals surface area contributed by atoms with E-state index in [1.54, 1.807) is 10.4 Å². The standard InChI is InChI=1S/C11H17NS/c1-12-7-4-2-3-5-10-6-8-13-11(10)9-12/h6,8H,2-5,7,9H2,1H3. The fourth-order valence-electron chi connectivity index (χ4n) is 1.93. The van der Waals surface area contributed by atoms with Crippen LogP contribution in [-0.4, -0.2) is 18.5 Å². The van der Waals surface area contributed by atoms with Gasteiger partial charge in [0.1, 0.15) is 0 Å². The van der Waals surface area contributed by atoms with Gasteiger partial charge in [-0.15, -0.1) is 11.3 Å². The number of rotatable bonds is 0. The highest BCUT2D eigenvalue weighted by molar-refractivity contribution is 7.10. The average Bonchev–Trinajstić information content (AvgIpc) is 2.52. The lowest BCUT2D eigenvalue weighted by Crippen LogP contribution is -2.18. The summed E-state index contributed by atoms with van der Waals surface area (Å²) in [4.78, 5) is 4.03. The Labute approximate surface area is 84.4 Å². The quantitative estimate of drug-likeness (QED) is 0.615. The molecule has 0 radical (unpaired) electrons. The Kier molecular flexibility index (Phi) is 3.01. The lowest BCUT2D eigenvalue weighted by Gasteiger charge is -2.14. The SMILES string of the molecule is CN1CCCCCc2ccsc2C1. The van der Waals surface area contributed by atoms with Crippen LogP contribution < -0.4 is 0 Å². The Hall–Kier alpha value is -0.340. The summed E-state index contributed by atoms with van der Waals surface area (Å²) in [5.41, 5.74) is 1.60. The largest absolute Gasteiger partial charge is 0.301 e. The smallest absolute Gasteiger partial charge is 0.0327 e.